The Kier molecular flexibility index (Phi) is 3.42. The summed E-state index contributed by atoms with van der Waals surface area (Å²) >= 11 is 0. The summed E-state index contributed by atoms with van der Waals surface area (Å²) in [6.07, 6.45) is 0. The maximum Gasteiger partial charge on any atom is 0.226 e. The summed E-state index contributed by atoms with van der Waals surface area (Å²) in [5.41, 5.74) is 6.54. The summed E-state index contributed by atoms with van der Waals surface area (Å²) in [7, 11) is 3.36. The molecule has 0 fully saturated rings. The van der Waals surface area contributed by atoms with Crippen molar-refractivity contribution in [3.8, 4) is 11.8 Å². The van der Waals surface area contributed by atoms with Crippen molar-refractivity contribution >= 4 is 5.82 Å². The molecule has 0 spiro atoms. The third kappa shape index (κ3) is 2.75. The van der Waals surface area contributed by atoms with Crippen LogP contribution < -0.4 is 10.5 Å². The Morgan fingerprint density at radius 3 is 2.72 bits per heavy atom. The van der Waals surface area contributed by atoms with Crippen LogP contribution in [0.1, 0.15) is 11.5 Å². The Balaban J connectivity index is 2.25. The number of nitrogens with two attached hydrogens (primary N) is 1. The average Bonchev–Trinajstić information content (AvgIpc) is 2.57. The van der Waals surface area contributed by atoms with Gasteiger partial charge in [0.1, 0.15) is 12.4 Å². The highest BCUT2D eigenvalue weighted by molar-refractivity contribution is 5.34. The zero-order valence-electron chi connectivity index (χ0n) is 10.5. The average molecular weight is 249 g/mol. The molecular formula is C11H15N5O2. The molecule has 0 radical (unpaired) electrons. The lowest BCUT2D eigenvalue weighted by atomic mass is 10.5. The molecule has 0 atom stereocenters. The minimum absolute atomic E-state index is 0.284. The number of ether oxygens (including phenoxy) is 2. The molecule has 0 unspecified atom stereocenters. The third-order valence-corrected chi connectivity index (χ3v) is 2.21. The SMILES string of the molecule is COCc1nc(N)cc(Oc2cc(C)nn2C)n1. The number of anilines is 1. The Bertz CT molecular complexity index is 552. The van der Waals surface area contributed by atoms with Crippen molar-refractivity contribution in [3.05, 3.63) is 23.7 Å². The van der Waals surface area contributed by atoms with Gasteiger partial charge in [-0.15, -0.1) is 0 Å². The van der Waals surface area contributed by atoms with E-state index in [0.717, 1.165) is 5.69 Å². The monoisotopic (exact) mass is 249 g/mol. The molecule has 0 saturated heterocycles. The highest BCUT2D eigenvalue weighted by Crippen LogP contribution is 2.21. The highest BCUT2D eigenvalue weighted by Gasteiger charge is 2.08. The largest absolute Gasteiger partial charge is 0.421 e. The van der Waals surface area contributed by atoms with Gasteiger partial charge in [-0.2, -0.15) is 10.1 Å². The minimum atomic E-state index is 0.284. The molecular weight excluding hydrogens is 234 g/mol. The first-order valence-corrected chi connectivity index (χ1v) is 5.39. The van der Waals surface area contributed by atoms with E-state index in [1.165, 1.54) is 0 Å². The molecule has 0 aliphatic carbocycles. The number of nitrogens with zero attached hydrogens (tertiary/aromatic N) is 4. The standard InChI is InChI=1S/C11H15N5O2/c1-7-4-11(16(2)15-7)18-10-5-8(12)13-9(14-10)6-17-3/h4-5H,6H2,1-3H3,(H2,12,13,14). The second-order valence-electron chi connectivity index (χ2n) is 3.83. The lowest BCUT2D eigenvalue weighted by Crippen LogP contribution is -2.03. The Labute approximate surface area is 105 Å². The fourth-order valence-electron chi connectivity index (χ4n) is 1.53. The summed E-state index contributed by atoms with van der Waals surface area (Å²) in [6.45, 7) is 2.17. The van der Waals surface area contributed by atoms with Crippen LogP contribution in [0.25, 0.3) is 0 Å². The molecule has 0 aliphatic rings. The Hall–Kier alpha value is -2.15. The number of aromatic nitrogens is 4. The summed E-state index contributed by atoms with van der Waals surface area (Å²) in [5.74, 6) is 1.78. The zero-order chi connectivity index (χ0) is 13.1. The first kappa shape index (κ1) is 12.3. The van der Waals surface area contributed by atoms with Gasteiger partial charge in [-0.3, -0.25) is 0 Å². The van der Waals surface area contributed by atoms with Gasteiger partial charge < -0.3 is 15.2 Å². The van der Waals surface area contributed by atoms with Gasteiger partial charge in [0.05, 0.1) is 5.69 Å². The normalized spacial score (nSPS) is 10.6. The van der Waals surface area contributed by atoms with Gasteiger partial charge in [-0.1, -0.05) is 0 Å². The number of hydrogen-bond donors (Lipinski definition) is 1. The number of rotatable bonds is 4. The number of methoxy groups -OCH3 is 1. The second-order valence-corrected chi connectivity index (χ2v) is 3.83. The van der Waals surface area contributed by atoms with E-state index < -0.39 is 0 Å². The van der Waals surface area contributed by atoms with Crippen molar-refractivity contribution in [1.29, 1.82) is 0 Å². The van der Waals surface area contributed by atoms with Gasteiger partial charge >= 0.3 is 0 Å². The summed E-state index contributed by atoms with van der Waals surface area (Å²) in [5, 5.41) is 4.18. The van der Waals surface area contributed by atoms with Crippen molar-refractivity contribution in [2.75, 3.05) is 12.8 Å². The predicted octanol–water partition coefficient (Wildman–Crippen LogP) is 1.04. The van der Waals surface area contributed by atoms with E-state index in [2.05, 4.69) is 15.1 Å². The van der Waals surface area contributed by atoms with E-state index in [0.29, 0.717) is 23.4 Å². The second kappa shape index (κ2) is 5.01. The first-order chi connectivity index (χ1) is 8.58. The van der Waals surface area contributed by atoms with Crippen LogP contribution >= 0.6 is 0 Å². The highest BCUT2D eigenvalue weighted by atomic mass is 16.5. The van der Waals surface area contributed by atoms with Crippen LogP contribution in [0.2, 0.25) is 0 Å². The van der Waals surface area contributed by atoms with Gasteiger partial charge in [0, 0.05) is 26.3 Å². The summed E-state index contributed by atoms with van der Waals surface area (Å²) in [4.78, 5) is 8.22. The van der Waals surface area contributed by atoms with Crippen LogP contribution in [-0.2, 0) is 18.4 Å². The van der Waals surface area contributed by atoms with E-state index in [-0.39, 0.29) is 6.61 Å². The van der Waals surface area contributed by atoms with E-state index in [4.69, 9.17) is 15.2 Å². The van der Waals surface area contributed by atoms with E-state index >= 15 is 0 Å². The fourth-order valence-corrected chi connectivity index (χ4v) is 1.53. The van der Waals surface area contributed by atoms with Gasteiger partial charge in [0.15, 0.2) is 5.82 Å². The van der Waals surface area contributed by atoms with Gasteiger partial charge in [0.2, 0.25) is 11.8 Å². The molecule has 18 heavy (non-hydrogen) atoms. The molecule has 2 heterocycles. The Morgan fingerprint density at radius 2 is 2.11 bits per heavy atom. The number of nitrogen functional groups attached to an aromatic ring is 1. The van der Waals surface area contributed by atoms with E-state index in [9.17, 15) is 0 Å². The molecule has 2 aromatic heterocycles. The van der Waals surface area contributed by atoms with Crippen LogP contribution in [0.15, 0.2) is 12.1 Å². The molecule has 2 rings (SSSR count). The topological polar surface area (TPSA) is 88.1 Å². The Morgan fingerprint density at radius 1 is 1.33 bits per heavy atom. The van der Waals surface area contributed by atoms with E-state index in [1.807, 2.05) is 13.0 Å². The lowest BCUT2D eigenvalue weighted by molar-refractivity contribution is 0.177. The third-order valence-electron chi connectivity index (χ3n) is 2.21. The summed E-state index contributed by atoms with van der Waals surface area (Å²) < 4.78 is 12.2. The molecule has 0 amide bonds. The van der Waals surface area contributed by atoms with Gasteiger partial charge in [-0.05, 0) is 6.92 Å². The van der Waals surface area contributed by atoms with Crippen molar-refractivity contribution < 1.29 is 9.47 Å². The first-order valence-electron chi connectivity index (χ1n) is 5.39. The number of aryl methyl sites for hydroxylation is 2. The van der Waals surface area contributed by atoms with E-state index in [1.54, 1.807) is 24.9 Å². The van der Waals surface area contributed by atoms with Crippen LogP contribution in [0.3, 0.4) is 0 Å². The quantitative estimate of drug-likeness (QED) is 0.871. The molecule has 96 valence electrons. The maximum atomic E-state index is 5.68. The molecule has 0 bridgehead atoms. The van der Waals surface area contributed by atoms with Crippen molar-refractivity contribution in [2.45, 2.75) is 13.5 Å². The van der Waals surface area contributed by atoms with Gasteiger partial charge in [0.25, 0.3) is 0 Å². The number of hydrogen-bond acceptors (Lipinski definition) is 6. The molecule has 2 N–H and O–H groups in total. The lowest BCUT2D eigenvalue weighted by Gasteiger charge is -2.06. The van der Waals surface area contributed by atoms with Crippen molar-refractivity contribution in [2.24, 2.45) is 7.05 Å². The summed E-state index contributed by atoms with van der Waals surface area (Å²) in [6, 6.07) is 3.37. The maximum absolute atomic E-state index is 5.68. The van der Waals surface area contributed by atoms with Gasteiger partial charge in [-0.25, -0.2) is 9.67 Å². The zero-order valence-corrected chi connectivity index (χ0v) is 10.5. The fraction of sp³-hybridized carbons (Fsp3) is 0.364. The van der Waals surface area contributed by atoms with Crippen LogP contribution in [-0.4, -0.2) is 26.9 Å². The molecule has 0 saturated carbocycles. The van der Waals surface area contributed by atoms with Crippen LogP contribution in [0, 0.1) is 6.92 Å². The molecule has 7 nitrogen and oxygen atoms in total. The molecule has 2 aromatic rings. The molecule has 0 aromatic carbocycles. The van der Waals surface area contributed by atoms with Crippen molar-refractivity contribution in [1.82, 2.24) is 19.7 Å². The van der Waals surface area contributed by atoms with Crippen molar-refractivity contribution in [3.63, 3.8) is 0 Å². The van der Waals surface area contributed by atoms with Crippen LogP contribution in [0.4, 0.5) is 5.82 Å². The molecule has 0 aliphatic heterocycles. The predicted molar refractivity (Wildman–Crippen MR) is 65.2 cm³/mol. The van der Waals surface area contributed by atoms with Crippen LogP contribution in [0.5, 0.6) is 11.8 Å². The minimum Gasteiger partial charge on any atom is -0.421 e. The smallest absolute Gasteiger partial charge is 0.226 e. The molecule has 7 heteroatoms.